The van der Waals surface area contributed by atoms with Crippen LogP contribution in [0.4, 0.5) is 0 Å². The van der Waals surface area contributed by atoms with Crippen LogP contribution in [-0.2, 0) is 0 Å². The molecule has 4 heteroatoms. The van der Waals surface area contributed by atoms with Gasteiger partial charge in [-0.15, -0.1) is 11.8 Å². The lowest BCUT2D eigenvalue weighted by Gasteiger charge is -2.23. The highest BCUT2D eigenvalue weighted by Gasteiger charge is 2.15. The zero-order chi connectivity index (χ0) is 12.1. The Bertz CT molecular complexity index is 372. The molecular formula is C13H18N2OS. The summed E-state index contributed by atoms with van der Waals surface area (Å²) in [6, 6.07) is 8.02. The molecule has 1 aliphatic heterocycles. The van der Waals surface area contributed by atoms with Gasteiger partial charge in [-0.3, -0.25) is 4.79 Å². The molecule has 2 N–H and O–H groups in total. The van der Waals surface area contributed by atoms with Crippen molar-refractivity contribution in [3.63, 3.8) is 0 Å². The van der Waals surface area contributed by atoms with Crippen LogP contribution in [-0.4, -0.2) is 31.3 Å². The zero-order valence-electron chi connectivity index (χ0n) is 10.0. The standard InChI is InChI=1S/C13H18N2OS/c1-17-12-6-4-10(5-7-12)13(16)15-11-3-2-8-14-9-11/h4-7,11,14H,2-3,8-9H2,1H3,(H,15,16). The highest BCUT2D eigenvalue weighted by Crippen LogP contribution is 2.15. The second-order valence-electron chi connectivity index (χ2n) is 4.25. The molecule has 0 saturated carbocycles. The number of nitrogens with one attached hydrogen (secondary N) is 2. The van der Waals surface area contributed by atoms with E-state index in [1.54, 1.807) is 11.8 Å². The molecule has 0 radical (unpaired) electrons. The third-order valence-electron chi connectivity index (χ3n) is 2.98. The molecule has 1 heterocycles. The lowest BCUT2D eigenvalue weighted by molar-refractivity contribution is 0.0930. The van der Waals surface area contributed by atoms with Gasteiger partial charge in [-0.1, -0.05) is 0 Å². The highest BCUT2D eigenvalue weighted by atomic mass is 32.2. The van der Waals surface area contributed by atoms with Gasteiger partial charge in [0.25, 0.3) is 5.91 Å². The summed E-state index contributed by atoms with van der Waals surface area (Å²) < 4.78 is 0. The van der Waals surface area contributed by atoms with Crippen LogP contribution in [0, 0.1) is 0 Å². The van der Waals surface area contributed by atoms with Crippen molar-refractivity contribution in [1.82, 2.24) is 10.6 Å². The molecule has 17 heavy (non-hydrogen) atoms. The fourth-order valence-corrected chi connectivity index (χ4v) is 2.39. The molecule has 1 fully saturated rings. The third kappa shape index (κ3) is 3.48. The van der Waals surface area contributed by atoms with Gasteiger partial charge in [-0.25, -0.2) is 0 Å². The van der Waals surface area contributed by atoms with Crippen LogP contribution in [0.15, 0.2) is 29.2 Å². The topological polar surface area (TPSA) is 41.1 Å². The SMILES string of the molecule is CSc1ccc(C(=O)NC2CCCNC2)cc1. The van der Waals surface area contributed by atoms with Crippen LogP contribution in [0.2, 0.25) is 0 Å². The smallest absolute Gasteiger partial charge is 0.251 e. The molecule has 2 rings (SSSR count). The number of piperidine rings is 1. The molecule has 1 aromatic carbocycles. The minimum Gasteiger partial charge on any atom is -0.348 e. The van der Waals surface area contributed by atoms with E-state index in [1.807, 2.05) is 30.5 Å². The number of benzene rings is 1. The summed E-state index contributed by atoms with van der Waals surface area (Å²) in [7, 11) is 0. The Labute approximate surface area is 106 Å². The predicted octanol–water partition coefficient (Wildman–Crippen LogP) is 1.89. The minimum atomic E-state index is 0.0337. The van der Waals surface area contributed by atoms with Crippen molar-refractivity contribution in [1.29, 1.82) is 0 Å². The van der Waals surface area contributed by atoms with E-state index in [0.717, 1.165) is 31.5 Å². The highest BCUT2D eigenvalue weighted by molar-refractivity contribution is 7.98. The van der Waals surface area contributed by atoms with E-state index in [0.29, 0.717) is 0 Å². The number of thioether (sulfide) groups is 1. The first-order chi connectivity index (χ1) is 8.29. The van der Waals surface area contributed by atoms with Crippen LogP contribution in [0.1, 0.15) is 23.2 Å². The van der Waals surface area contributed by atoms with Gasteiger partial charge in [-0.2, -0.15) is 0 Å². The van der Waals surface area contributed by atoms with Crippen molar-refractivity contribution in [3.05, 3.63) is 29.8 Å². The van der Waals surface area contributed by atoms with E-state index >= 15 is 0 Å². The zero-order valence-corrected chi connectivity index (χ0v) is 10.8. The quantitative estimate of drug-likeness (QED) is 0.805. The molecule has 92 valence electrons. The van der Waals surface area contributed by atoms with Crippen LogP contribution in [0.5, 0.6) is 0 Å². The van der Waals surface area contributed by atoms with Gasteiger partial charge in [-0.05, 0) is 49.9 Å². The number of hydrogen-bond donors (Lipinski definition) is 2. The van der Waals surface area contributed by atoms with Crippen molar-refractivity contribution in [2.75, 3.05) is 19.3 Å². The summed E-state index contributed by atoms with van der Waals surface area (Å²) in [6.45, 7) is 1.95. The summed E-state index contributed by atoms with van der Waals surface area (Å²) in [4.78, 5) is 13.1. The maximum atomic E-state index is 12.0. The molecule has 0 bridgehead atoms. The Morgan fingerprint density at radius 3 is 2.76 bits per heavy atom. The van der Waals surface area contributed by atoms with Crippen molar-refractivity contribution >= 4 is 17.7 Å². The number of hydrogen-bond acceptors (Lipinski definition) is 3. The maximum Gasteiger partial charge on any atom is 0.251 e. The maximum absolute atomic E-state index is 12.0. The van der Waals surface area contributed by atoms with E-state index < -0.39 is 0 Å². The molecule has 1 atom stereocenters. The van der Waals surface area contributed by atoms with Crippen molar-refractivity contribution in [2.24, 2.45) is 0 Å². The predicted molar refractivity (Wildman–Crippen MR) is 71.6 cm³/mol. The van der Waals surface area contributed by atoms with Gasteiger partial charge in [0.05, 0.1) is 0 Å². The summed E-state index contributed by atoms with van der Waals surface area (Å²) in [5.41, 5.74) is 0.744. The van der Waals surface area contributed by atoms with E-state index in [1.165, 1.54) is 4.90 Å². The van der Waals surface area contributed by atoms with Gasteiger partial charge >= 0.3 is 0 Å². The molecule has 3 nitrogen and oxygen atoms in total. The van der Waals surface area contributed by atoms with E-state index in [-0.39, 0.29) is 11.9 Å². The molecule has 0 aliphatic carbocycles. The average molecular weight is 250 g/mol. The Balaban J connectivity index is 1.93. The molecule has 1 unspecified atom stereocenters. The summed E-state index contributed by atoms with van der Waals surface area (Å²) in [6.07, 6.45) is 4.24. The molecule has 0 aromatic heterocycles. The normalized spacial score (nSPS) is 19.9. The number of rotatable bonds is 3. The summed E-state index contributed by atoms with van der Waals surface area (Å²) in [5, 5.41) is 6.36. The molecule has 1 aliphatic rings. The molecule has 1 saturated heterocycles. The lowest BCUT2D eigenvalue weighted by atomic mass is 10.1. The Morgan fingerprint density at radius 1 is 1.41 bits per heavy atom. The first kappa shape index (κ1) is 12.5. The number of carbonyl (C=O) groups excluding carboxylic acids is 1. The van der Waals surface area contributed by atoms with Crippen LogP contribution in [0.25, 0.3) is 0 Å². The largest absolute Gasteiger partial charge is 0.348 e. The fraction of sp³-hybridized carbons (Fsp3) is 0.462. The van der Waals surface area contributed by atoms with Crippen molar-refractivity contribution in [3.8, 4) is 0 Å². The first-order valence-corrected chi connectivity index (χ1v) is 7.17. The molecule has 0 spiro atoms. The van der Waals surface area contributed by atoms with Gasteiger partial charge in [0, 0.05) is 23.0 Å². The van der Waals surface area contributed by atoms with E-state index in [4.69, 9.17) is 0 Å². The number of carbonyl (C=O) groups is 1. The second kappa shape index (κ2) is 6.07. The van der Waals surface area contributed by atoms with E-state index in [9.17, 15) is 4.79 Å². The van der Waals surface area contributed by atoms with Gasteiger partial charge < -0.3 is 10.6 Å². The van der Waals surface area contributed by atoms with Crippen molar-refractivity contribution in [2.45, 2.75) is 23.8 Å². The summed E-state index contributed by atoms with van der Waals surface area (Å²) >= 11 is 1.68. The molecule has 1 aromatic rings. The molecule has 1 amide bonds. The van der Waals surface area contributed by atoms with Crippen LogP contribution < -0.4 is 10.6 Å². The summed E-state index contributed by atoms with van der Waals surface area (Å²) in [5.74, 6) is 0.0337. The third-order valence-corrected chi connectivity index (χ3v) is 3.73. The minimum absolute atomic E-state index is 0.0337. The molecular weight excluding hydrogens is 232 g/mol. The first-order valence-electron chi connectivity index (χ1n) is 5.95. The second-order valence-corrected chi connectivity index (χ2v) is 5.12. The van der Waals surface area contributed by atoms with Gasteiger partial charge in [0.15, 0.2) is 0 Å². The Hall–Kier alpha value is -1.00. The Morgan fingerprint density at radius 2 is 2.18 bits per heavy atom. The van der Waals surface area contributed by atoms with Crippen molar-refractivity contribution < 1.29 is 4.79 Å². The lowest BCUT2D eigenvalue weighted by Crippen LogP contribution is -2.45. The van der Waals surface area contributed by atoms with E-state index in [2.05, 4.69) is 10.6 Å². The monoisotopic (exact) mass is 250 g/mol. The van der Waals surface area contributed by atoms with Crippen LogP contribution in [0.3, 0.4) is 0 Å². The Kier molecular flexibility index (Phi) is 4.45. The number of amides is 1. The van der Waals surface area contributed by atoms with Crippen LogP contribution >= 0.6 is 11.8 Å². The average Bonchev–Trinajstić information content (AvgIpc) is 2.40. The fourth-order valence-electron chi connectivity index (χ4n) is 1.99. The van der Waals surface area contributed by atoms with Gasteiger partial charge in [0.1, 0.15) is 0 Å². The van der Waals surface area contributed by atoms with Gasteiger partial charge in [0.2, 0.25) is 0 Å².